The van der Waals surface area contributed by atoms with Crippen LogP contribution in [0.4, 0.5) is 17.1 Å². The largest absolute Gasteiger partial charge is 0.379 e. The fourth-order valence-corrected chi connectivity index (χ4v) is 1.55. The second-order valence-corrected chi connectivity index (χ2v) is 4.30. The van der Waals surface area contributed by atoms with Crippen LogP contribution in [0.5, 0.6) is 0 Å². The van der Waals surface area contributed by atoms with Crippen molar-refractivity contribution in [3.05, 3.63) is 38.4 Å². The van der Waals surface area contributed by atoms with Gasteiger partial charge >= 0.3 is 0 Å². The molecule has 0 fully saturated rings. The summed E-state index contributed by atoms with van der Waals surface area (Å²) in [5.74, 6) is 0. The van der Waals surface area contributed by atoms with Crippen LogP contribution in [0.1, 0.15) is 6.42 Å². The monoisotopic (exact) mass is 268 g/mol. The Morgan fingerprint density at radius 1 is 1.21 bits per heavy atom. The third kappa shape index (κ3) is 4.51. The van der Waals surface area contributed by atoms with Gasteiger partial charge in [-0.15, -0.1) is 0 Å². The van der Waals surface area contributed by atoms with Gasteiger partial charge in [-0.1, -0.05) is 0 Å². The van der Waals surface area contributed by atoms with Gasteiger partial charge < -0.3 is 10.2 Å². The molecule has 8 heteroatoms. The number of hydrogen-bond acceptors (Lipinski definition) is 6. The van der Waals surface area contributed by atoms with E-state index in [1.807, 2.05) is 19.0 Å². The molecule has 8 nitrogen and oxygen atoms in total. The van der Waals surface area contributed by atoms with Gasteiger partial charge in [0.05, 0.1) is 15.9 Å². The summed E-state index contributed by atoms with van der Waals surface area (Å²) in [6, 6.07) is 3.58. The Hall–Kier alpha value is -2.22. The van der Waals surface area contributed by atoms with Crippen LogP contribution in [0.15, 0.2) is 18.2 Å². The quantitative estimate of drug-likeness (QED) is 0.460. The molecule has 1 N–H and O–H groups in total. The molecule has 0 heterocycles. The summed E-state index contributed by atoms with van der Waals surface area (Å²) in [5, 5.41) is 24.4. The predicted molar refractivity (Wildman–Crippen MR) is 71.4 cm³/mol. The van der Waals surface area contributed by atoms with Crippen LogP contribution in [0.25, 0.3) is 0 Å². The van der Waals surface area contributed by atoms with Crippen molar-refractivity contribution < 1.29 is 9.85 Å². The first-order valence-electron chi connectivity index (χ1n) is 5.73. The Morgan fingerprint density at radius 2 is 1.89 bits per heavy atom. The molecule has 0 saturated carbocycles. The highest BCUT2D eigenvalue weighted by Crippen LogP contribution is 2.28. The molecule has 1 aromatic carbocycles. The molecule has 0 amide bonds. The van der Waals surface area contributed by atoms with Crippen molar-refractivity contribution in [1.82, 2.24) is 4.90 Å². The van der Waals surface area contributed by atoms with Gasteiger partial charge in [-0.25, -0.2) is 0 Å². The smallest absolute Gasteiger partial charge is 0.299 e. The molecule has 0 unspecified atom stereocenters. The lowest BCUT2D eigenvalue weighted by atomic mass is 10.2. The zero-order valence-electron chi connectivity index (χ0n) is 10.8. The van der Waals surface area contributed by atoms with E-state index in [2.05, 4.69) is 5.32 Å². The third-order valence-corrected chi connectivity index (χ3v) is 2.49. The van der Waals surface area contributed by atoms with E-state index in [0.717, 1.165) is 19.0 Å². The Bertz CT molecular complexity index is 476. The van der Waals surface area contributed by atoms with E-state index < -0.39 is 9.85 Å². The standard InChI is InChI=1S/C11H16N4O4/c1-13(2)7-3-6-12-10-5-4-9(14(16)17)8-11(10)15(18)19/h4-5,8,12H,3,6-7H2,1-2H3. The molecule has 0 spiro atoms. The van der Waals surface area contributed by atoms with E-state index in [4.69, 9.17) is 0 Å². The third-order valence-electron chi connectivity index (χ3n) is 2.49. The maximum Gasteiger partial charge on any atom is 0.299 e. The van der Waals surface area contributed by atoms with Crippen molar-refractivity contribution in [3.8, 4) is 0 Å². The summed E-state index contributed by atoms with van der Waals surface area (Å²) in [6.07, 6.45) is 0.821. The van der Waals surface area contributed by atoms with E-state index in [1.165, 1.54) is 12.1 Å². The Kier molecular flexibility index (Phi) is 5.19. The Morgan fingerprint density at radius 3 is 2.42 bits per heavy atom. The van der Waals surface area contributed by atoms with Gasteiger partial charge in [0.2, 0.25) is 0 Å². The molecule has 0 bridgehead atoms. The lowest BCUT2D eigenvalue weighted by molar-refractivity contribution is -0.393. The molecular weight excluding hydrogens is 252 g/mol. The lowest BCUT2D eigenvalue weighted by Gasteiger charge is -2.10. The first-order valence-corrected chi connectivity index (χ1v) is 5.73. The van der Waals surface area contributed by atoms with Crippen molar-refractivity contribution in [1.29, 1.82) is 0 Å². The lowest BCUT2D eigenvalue weighted by Crippen LogP contribution is -2.16. The highest BCUT2D eigenvalue weighted by molar-refractivity contribution is 5.65. The van der Waals surface area contributed by atoms with Crippen LogP contribution in [-0.2, 0) is 0 Å². The fraction of sp³-hybridized carbons (Fsp3) is 0.455. The van der Waals surface area contributed by atoms with Crippen LogP contribution >= 0.6 is 0 Å². The van der Waals surface area contributed by atoms with Crippen molar-refractivity contribution >= 4 is 17.1 Å². The minimum atomic E-state index is -0.650. The SMILES string of the molecule is CN(C)CCCNc1ccc([N+](=O)[O-])cc1[N+](=O)[O-]. The number of benzene rings is 1. The molecule has 1 rings (SSSR count). The van der Waals surface area contributed by atoms with Gasteiger partial charge in [0.25, 0.3) is 11.4 Å². The molecule has 19 heavy (non-hydrogen) atoms. The first-order chi connectivity index (χ1) is 8.91. The van der Waals surface area contributed by atoms with Crippen LogP contribution in [0.2, 0.25) is 0 Å². The van der Waals surface area contributed by atoms with Crippen molar-refractivity contribution in [2.45, 2.75) is 6.42 Å². The topological polar surface area (TPSA) is 102 Å². The van der Waals surface area contributed by atoms with E-state index in [0.29, 0.717) is 12.2 Å². The normalized spacial score (nSPS) is 10.5. The molecule has 0 saturated heterocycles. The number of anilines is 1. The second-order valence-electron chi connectivity index (χ2n) is 4.30. The Labute approximate surface area is 110 Å². The highest BCUT2D eigenvalue weighted by atomic mass is 16.6. The first kappa shape index (κ1) is 14.8. The fourth-order valence-electron chi connectivity index (χ4n) is 1.55. The van der Waals surface area contributed by atoms with Crippen LogP contribution in [0.3, 0.4) is 0 Å². The Balaban J connectivity index is 2.77. The predicted octanol–water partition coefficient (Wildman–Crippen LogP) is 1.87. The molecule has 0 aliphatic carbocycles. The van der Waals surface area contributed by atoms with Gasteiger partial charge in [0.1, 0.15) is 5.69 Å². The van der Waals surface area contributed by atoms with Crippen LogP contribution in [-0.4, -0.2) is 41.9 Å². The van der Waals surface area contributed by atoms with Crippen molar-refractivity contribution in [3.63, 3.8) is 0 Å². The molecule has 0 aliphatic rings. The van der Waals surface area contributed by atoms with E-state index in [9.17, 15) is 20.2 Å². The summed E-state index contributed by atoms with van der Waals surface area (Å²) in [5.41, 5.74) is -0.265. The summed E-state index contributed by atoms with van der Waals surface area (Å²) < 4.78 is 0. The molecule has 0 aromatic heterocycles. The molecule has 0 aliphatic heterocycles. The summed E-state index contributed by atoms with van der Waals surface area (Å²) in [4.78, 5) is 22.2. The molecule has 0 atom stereocenters. The van der Waals surface area contributed by atoms with Crippen molar-refractivity contribution in [2.75, 3.05) is 32.5 Å². The average Bonchev–Trinajstić information content (AvgIpc) is 2.34. The zero-order valence-corrected chi connectivity index (χ0v) is 10.8. The number of nitro groups is 2. The number of hydrogen-bond donors (Lipinski definition) is 1. The average molecular weight is 268 g/mol. The number of non-ortho nitro benzene ring substituents is 1. The molecule has 104 valence electrons. The van der Waals surface area contributed by atoms with E-state index in [-0.39, 0.29) is 11.4 Å². The molecular formula is C11H16N4O4. The second kappa shape index (κ2) is 6.64. The number of nitrogens with one attached hydrogen (secondary N) is 1. The van der Waals surface area contributed by atoms with Gasteiger partial charge in [0.15, 0.2) is 0 Å². The van der Waals surface area contributed by atoms with Gasteiger partial charge in [-0.05, 0) is 33.1 Å². The van der Waals surface area contributed by atoms with E-state index in [1.54, 1.807) is 0 Å². The van der Waals surface area contributed by atoms with Crippen LogP contribution < -0.4 is 5.32 Å². The summed E-state index contributed by atoms with van der Waals surface area (Å²) in [6.45, 7) is 1.42. The minimum absolute atomic E-state index is 0.279. The molecule has 0 radical (unpaired) electrons. The number of rotatable bonds is 7. The van der Waals surface area contributed by atoms with Gasteiger partial charge in [-0.2, -0.15) is 0 Å². The maximum atomic E-state index is 10.9. The summed E-state index contributed by atoms with van der Waals surface area (Å²) >= 11 is 0. The van der Waals surface area contributed by atoms with E-state index >= 15 is 0 Å². The van der Waals surface area contributed by atoms with Gasteiger partial charge in [0, 0.05) is 12.6 Å². The highest BCUT2D eigenvalue weighted by Gasteiger charge is 2.18. The minimum Gasteiger partial charge on any atom is -0.379 e. The zero-order chi connectivity index (χ0) is 14.4. The van der Waals surface area contributed by atoms with Gasteiger partial charge in [-0.3, -0.25) is 20.2 Å². The van der Waals surface area contributed by atoms with Crippen molar-refractivity contribution in [2.24, 2.45) is 0 Å². The maximum absolute atomic E-state index is 10.9. The number of nitrogens with zero attached hydrogens (tertiary/aromatic N) is 3. The molecule has 1 aromatic rings. The number of nitro benzene ring substituents is 2. The summed E-state index contributed by atoms with van der Waals surface area (Å²) in [7, 11) is 3.88. The van der Waals surface area contributed by atoms with Crippen LogP contribution in [0, 0.1) is 20.2 Å².